The fourth-order valence-corrected chi connectivity index (χ4v) is 3.74. The summed E-state index contributed by atoms with van der Waals surface area (Å²) in [7, 11) is -3.82. The van der Waals surface area contributed by atoms with E-state index in [-0.39, 0.29) is 19.6 Å². The van der Waals surface area contributed by atoms with Crippen molar-refractivity contribution in [3.63, 3.8) is 0 Å². The number of nitrogens with zero attached hydrogens (tertiary/aromatic N) is 1. The van der Waals surface area contributed by atoms with Crippen LogP contribution < -0.4 is 4.90 Å². The van der Waals surface area contributed by atoms with Crippen LogP contribution in [0.1, 0.15) is 39.7 Å². The molecule has 2 rings (SSSR count). The molecule has 0 aromatic heterocycles. The summed E-state index contributed by atoms with van der Waals surface area (Å²) in [6.07, 6.45) is -0.667. The molecule has 8 nitrogen and oxygen atoms in total. The summed E-state index contributed by atoms with van der Waals surface area (Å²) >= 11 is 0. The minimum atomic E-state index is -3.82. The lowest BCUT2D eigenvalue weighted by atomic mass is 10.0. The van der Waals surface area contributed by atoms with Gasteiger partial charge in [0.25, 0.3) is 0 Å². The Morgan fingerprint density at radius 2 is 1.90 bits per heavy atom. The Morgan fingerprint density at radius 1 is 1.30 bits per heavy atom. The van der Waals surface area contributed by atoms with Gasteiger partial charge in [0.1, 0.15) is 11.7 Å². The van der Waals surface area contributed by atoms with Gasteiger partial charge in [-0.1, -0.05) is 11.8 Å². The third kappa shape index (κ3) is 5.52. The van der Waals surface area contributed by atoms with Crippen molar-refractivity contribution < 1.29 is 32.6 Å². The Balaban J connectivity index is 2.18. The second-order valence-corrected chi connectivity index (χ2v) is 10.3. The number of anilines is 1. The van der Waals surface area contributed by atoms with Gasteiger partial charge in [-0.15, -0.1) is 0 Å². The summed E-state index contributed by atoms with van der Waals surface area (Å²) in [6, 6.07) is 6.76. The van der Waals surface area contributed by atoms with E-state index < -0.39 is 38.4 Å². The van der Waals surface area contributed by atoms with Gasteiger partial charge in [0, 0.05) is 23.9 Å². The Morgan fingerprint density at radius 3 is 2.40 bits per heavy atom. The fraction of sp³-hybridized carbons (Fsp3) is 0.524. The molecule has 1 fully saturated rings. The van der Waals surface area contributed by atoms with Crippen LogP contribution in [0, 0.1) is 11.8 Å². The molecule has 1 aliphatic rings. The van der Waals surface area contributed by atoms with Gasteiger partial charge in [-0.2, -0.15) is 0 Å². The van der Waals surface area contributed by atoms with Gasteiger partial charge in [0.05, 0.1) is 13.2 Å². The number of hydrogen-bond donors (Lipinski definition) is 1. The van der Waals surface area contributed by atoms with E-state index >= 15 is 0 Å². The molecule has 0 saturated carbocycles. The molecule has 1 unspecified atom stereocenters. The second kappa shape index (κ2) is 8.66. The third-order valence-corrected chi connectivity index (χ3v) is 6.68. The van der Waals surface area contributed by atoms with Crippen LogP contribution >= 0.6 is 0 Å². The average Bonchev–Trinajstić information content (AvgIpc) is 2.99. The van der Waals surface area contributed by atoms with Crippen LogP contribution in [0.5, 0.6) is 0 Å². The molecule has 1 saturated heterocycles. The van der Waals surface area contributed by atoms with Gasteiger partial charge in [-0.25, -0.2) is 13.2 Å². The number of carbonyl (C=O) groups is 2. The zero-order valence-electron chi connectivity index (χ0n) is 17.8. The summed E-state index contributed by atoms with van der Waals surface area (Å²) in [4.78, 5) is 26.0. The average molecular weight is 438 g/mol. The highest BCUT2D eigenvalue weighted by molar-refractivity contribution is 7.92. The van der Waals surface area contributed by atoms with Gasteiger partial charge >= 0.3 is 12.1 Å². The van der Waals surface area contributed by atoms with Crippen molar-refractivity contribution in [2.24, 2.45) is 0 Å². The van der Waals surface area contributed by atoms with Crippen molar-refractivity contribution in [1.82, 2.24) is 0 Å². The number of ether oxygens (including phenoxy) is 2. The molecule has 0 spiro atoms. The summed E-state index contributed by atoms with van der Waals surface area (Å²) in [5, 5.41) is 9.67. The Kier molecular flexibility index (Phi) is 6.84. The molecule has 0 radical (unpaired) electrons. The SMILES string of the molecule is CCOC(=O)C(C)(C[C@H]1CN(c2ccc(C#CC(C)(C)O)cc2)C(=O)O1)S(C)(=O)=O. The van der Waals surface area contributed by atoms with Crippen LogP contribution in [-0.4, -0.2) is 61.4 Å². The number of benzene rings is 1. The summed E-state index contributed by atoms with van der Waals surface area (Å²) < 4.78 is 33.0. The first-order valence-electron chi connectivity index (χ1n) is 9.47. The van der Waals surface area contributed by atoms with Crippen LogP contribution in [0.4, 0.5) is 10.5 Å². The van der Waals surface area contributed by atoms with Gasteiger partial charge < -0.3 is 14.6 Å². The minimum absolute atomic E-state index is 0.0449. The molecule has 9 heteroatoms. The lowest BCUT2D eigenvalue weighted by Gasteiger charge is -2.27. The van der Waals surface area contributed by atoms with E-state index in [2.05, 4.69) is 11.8 Å². The zero-order valence-corrected chi connectivity index (χ0v) is 18.6. The number of aliphatic hydroxyl groups is 1. The molecule has 1 aliphatic heterocycles. The van der Waals surface area contributed by atoms with Crippen molar-refractivity contribution in [2.75, 3.05) is 24.3 Å². The number of sulfone groups is 1. The monoisotopic (exact) mass is 437 g/mol. The van der Waals surface area contributed by atoms with Crippen molar-refractivity contribution >= 4 is 27.6 Å². The van der Waals surface area contributed by atoms with Crippen LogP contribution in [0.3, 0.4) is 0 Å². The molecule has 1 heterocycles. The molecule has 1 aromatic rings. The second-order valence-electron chi connectivity index (χ2n) is 7.90. The first kappa shape index (κ1) is 23.7. The van der Waals surface area contributed by atoms with Gasteiger partial charge in [0.2, 0.25) is 0 Å². The van der Waals surface area contributed by atoms with Gasteiger partial charge in [0.15, 0.2) is 14.6 Å². The van der Waals surface area contributed by atoms with Crippen LogP contribution in [0.2, 0.25) is 0 Å². The van der Waals surface area contributed by atoms with Crippen LogP contribution in [0.15, 0.2) is 24.3 Å². The molecule has 0 bridgehead atoms. The number of carbonyl (C=O) groups excluding carboxylic acids is 2. The van der Waals surface area contributed by atoms with E-state index in [1.807, 2.05) is 0 Å². The van der Waals surface area contributed by atoms with E-state index in [1.54, 1.807) is 45.0 Å². The Hall–Kier alpha value is -2.57. The smallest absolute Gasteiger partial charge is 0.414 e. The van der Waals surface area contributed by atoms with Gasteiger partial charge in [-0.3, -0.25) is 9.69 Å². The fourth-order valence-electron chi connectivity index (χ4n) is 2.89. The van der Waals surface area contributed by atoms with E-state index in [0.29, 0.717) is 11.3 Å². The van der Waals surface area contributed by atoms with Crippen LogP contribution in [0.25, 0.3) is 0 Å². The van der Waals surface area contributed by atoms with Crippen LogP contribution in [-0.2, 0) is 24.1 Å². The molecule has 1 N–H and O–H groups in total. The van der Waals surface area contributed by atoms with E-state index in [9.17, 15) is 23.1 Å². The molecule has 2 atom stereocenters. The largest absolute Gasteiger partial charge is 0.465 e. The first-order chi connectivity index (χ1) is 13.8. The van der Waals surface area contributed by atoms with Crippen molar-refractivity contribution in [2.45, 2.75) is 50.6 Å². The maximum atomic E-state index is 12.3. The number of cyclic esters (lactones) is 1. The number of amides is 1. The molecular formula is C21H27NO7S. The quantitative estimate of drug-likeness (QED) is 0.534. The molecule has 1 aromatic carbocycles. The molecule has 30 heavy (non-hydrogen) atoms. The lowest BCUT2D eigenvalue weighted by molar-refractivity contribution is -0.146. The zero-order chi connectivity index (χ0) is 22.7. The number of esters is 1. The highest BCUT2D eigenvalue weighted by Gasteiger charge is 2.49. The predicted molar refractivity (Wildman–Crippen MR) is 112 cm³/mol. The van der Waals surface area contributed by atoms with Crippen molar-refractivity contribution in [3.05, 3.63) is 29.8 Å². The summed E-state index contributed by atoms with van der Waals surface area (Å²) in [6.45, 7) is 6.17. The summed E-state index contributed by atoms with van der Waals surface area (Å²) in [5.74, 6) is 4.68. The Labute approximate surface area is 177 Å². The van der Waals surface area contributed by atoms with E-state index in [1.165, 1.54) is 11.8 Å². The normalized spacial score (nSPS) is 18.8. The minimum Gasteiger partial charge on any atom is -0.465 e. The maximum Gasteiger partial charge on any atom is 0.414 e. The maximum absolute atomic E-state index is 12.3. The molecule has 1 amide bonds. The summed E-state index contributed by atoms with van der Waals surface area (Å²) in [5.41, 5.74) is 0.0981. The van der Waals surface area contributed by atoms with Gasteiger partial charge in [-0.05, 0) is 52.0 Å². The molecular weight excluding hydrogens is 410 g/mol. The topological polar surface area (TPSA) is 110 Å². The van der Waals surface area contributed by atoms with E-state index in [4.69, 9.17) is 9.47 Å². The molecule has 0 aliphatic carbocycles. The van der Waals surface area contributed by atoms with Crippen molar-refractivity contribution in [3.8, 4) is 11.8 Å². The number of hydrogen-bond acceptors (Lipinski definition) is 7. The van der Waals surface area contributed by atoms with E-state index in [0.717, 1.165) is 6.26 Å². The third-order valence-electron chi connectivity index (χ3n) is 4.71. The predicted octanol–water partition coefficient (Wildman–Crippen LogP) is 1.89. The lowest BCUT2D eigenvalue weighted by Crippen LogP contribution is -2.47. The standard InChI is InChI=1S/C21H27NO7S/c1-6-28-18(23)21(4,30(5,26)27)13-17-14-22(19(24)29-17)16-9-7-15(8-10-16)11-12-20(2,3)25/h7-10,17,25H,6,13-14H2,1-5H3/t17-,21?/m0/s1. The highest BCUT2D eigenvalue weighted by Crippen LogP contribution is 2.30. The highest BCUT2D eigenvalue weighted by atomic mass is 32.2. The van der Waals surface area contributed by atoms with Crippen molar-refractivity contribution in [1.29, 1.82) is 0 Å². The Bertz CT molecular complexity index is 967. The molecule has 164 valence electrons. The number of rotatable bonds is 6. The first-order valence-corrected chi connectivity index (χ1v) is 11.4.